The highest BCUT2D eigenvalue weighted by molar-refractivity contribution is 5.99. The number of aliphatic hydroxyl groups excluding tert-OH is 1. The lowest BCUT2D eigenvalue weighted by molar-refractivity contribution is 0.0416. The van der Waals surface area contributed by atoms with Crippen LogP contribution in [-0.4, -0.2) is 34.8 Å². The molecule has 1 saturated heterocycles. The van der Waals surface area contributed by atoms with Crippen LogP contribution in [0.15, 0.2) is 54.6 Å². The predicted molar refractivity (Wildman–Crippen MR) is 109 cm³/mol. The summed E-state index contributed by atoms with van der Waals surface area (Å²) in [6.07, 6.45) is 1.14. The van der Waals surface area contributed by atoms with E-state index in [0.29, 0.717) is 5.69 Å². The molecule has 0 saturated carbocycles. The third-order valence-corrected chi connectivity index (χ3v) is 6.68. The van der Waals surface area contributed by atoms with Gasteiger partial charge in [-0.25, -0.2) is 0 Å². The lowest BCUT2D eigenvalue weighted by Gasteiger charge is -2.38. The van der Waals surface area contributed by atoms with Crippen LogP contribution in [0, 0.1) is 0 Å². The number of hydrogen-bond donors (Lipinski definition) is 3. The highest BCUT2D eigenvalue weighted by Gasteiger charge is 2.52. The number of aryl methyl sites for hydroxylation is 1. The third kappa shape index (κ3) is 2.43. The molecule has 5 rings (SSSR count). The van der Waals surface area contributed by atoms with Gasteiger partial charge in [-0.1, -0.05) is 42.5 Å². The van der Waals surface area contributed by atoms with Crippen LogP contribution < -0.4 is 10.6 Å². The summed E-state index contributed by atoms with van der Waals surface area (Å²) in [6, 6.07) is 17.7. The molecule has 144 valence electrons. The van der Waals surface area contributed by atoms with Gasteiger partial charge in [0.25, 0.3) is 5.91 Å². The number of amides is 1. The first-order chi connectivity index (χ1) is 13.6. The van der Waals surface area contributed by atoms with Crippen molar-refractivity contribution in [3.63, 3.8) is 0 Å². The number of aliphatic hydroxyl groups is 1. The van der Waals surface area contributed by atoms with Crippen molar-refractivity contribution in [3.8, 4) is 0 Å². The van der Waals surface area contributed by atoms with Crippen LogP contribution in [0.2, 0.25) is 0 Å². The standard InChI is InChI=1S/C23H25N3O2/c1-26-18-9-5-2-6-15(18)14-19(26)22(28)25-20-16-7-3-4-8-17(16)23(21(20)27)10-12-24-13-11-23/h2-9,14,20-21,24,27H,10-13H2,1H3,(H,25,28)/t20-,21+/m1/s1. The summed E-state index contributed by atoms with van der Waals surface area (Å²) < 4.78 is 1.91. The number of aromatic nitrogens is 1. The molecule has 1 aliphatic carbocycles. The van der Waals surface area contributed by atoms with E-state index in [2.05, 4.69) is 16.7 Å². The molecule has 0 radical (unpaired) electrons. The van der Waals surface area contributed by atoms with Crippen LogP contribution in [-0.2, 0) is 12.5 Å². The minimum atomic E-state index is -0.620. The molecule has 2 aromatic carbocycles. The fourth-order valence-corrected chi connectivity index (χ4v) is 5.19. The maximum absolute atomic E-state index is 13.2. The number of piperidine rings is 1. The van der Waals surface area contributed by atoms with Gasteiger partial charge < -0.3 is 20.3 Å². The van der Waals surface area contributed by atoms with E-state index in [0.717, 1.165) is 42.4 Å². The Morgan fingerprint density at radius 2 is 1.86 bits per heavy atom. The zero-order valence-corrected chi connectivity index (χ0v) is 16.0. The van der Waals surface area contributed by atoms with Gasteiger partial charge in [0, 0.05) is 23.4 Å². The third-order valence-electron chi connectivity index (χ3n) is 6.68. The van der Waals surface area contributed by atoms with Crippen LogP contribution in [0.5, 0.6) is 0 Å². The average molecular weight is 375 g/mol. The van der Waals surface area contributed by atoms with E-state index in [1.165, 1.54) is 5.56 Å². The van der Waals surface area contributed by atoms with Gasteiger partial charge in [0.2, 0.25) is 0 Å². The number of benzene rings is 2. The second-order valence-electron chi connectivity index (χ2n) is 8.04. The van der Waals surface area contributed by atoms with Crippen molar-refractivity contribution in [3.05, 3.63) is 71.4 Å². The lowest BCUT2D eigenvalue weighted by Crippen LogP contribution is -2.48. The van der Waals surface area contributed by atoms with E-state index in [4.69, 9.17) is 0 Å². The number of para-hydroxylation sites is 1. The number of nitrogens with zero attached hydrogens (tertiary/aromatic N) is 1. The molecule has 1 amide bonds. The van der Waals surface area contributed by atoms with E-state index in [-0.39, 0.29) is 17.4 Å². The Kier molecular flexibility index (Phi) is 4.03. The molecule has 28 heavy (non-hydrogen) atoms. The van der Waals surface area contributed by atoms with Crippen LogP contribution in [0.3, 0.4) is 0 Å². The molecule has 3 N–H and O–H groups in total. The smallest absolute Gasteiger partial charge is 0.268 e. The summed E-state index contributed by atoms with van der Waals surface area (Å²) in [4.78, 5) is 13.2. The first kappa shape index (κ1) is 17.5. The van der Waals surface area contributed by atoms with E-state index in [1.54, 1.807) is 0 Å². The predicted octanol–water partition coefficient (Wildman–Crippen LogP) is 2.65. The van der Waals surface area contributed by atoms with Gasteiger partial charge in [0.05, 0.1) is 12.1 Å². The second kappa shape index (κ2) is 6.47. The minimum absolute atomic E-state index is 0.150. The van der Waals surface area contributed by atoms with Gasteiger partial charge >= 0.3 is 0 Å². The van der Waals surface area contributed by atoms with E-state index < -0.39 is 6.10 Å². The van der Waals surface area contributed by atoms with Gasteiger partial charge in [-0.05, 0) is 49.2 Å². The Morgan fingerprint density at radius 3 is 2.64 bits per heavy atom. The fourth-order valence-electron chi connectivity index (χ4n) is 5.19. The Balaban J connectivity index is 1.51. The van der Waals surface area contributed by atoms with Gasteiger partial charge in [-0.2, -0.15) is 0 Å². The number of nitrogens with one attached hydrogen (secondary N) is 2. The molecular weight excluding hydrogens is 350 g/mol. The Hall–Kier alpha value is -2.63. The Morgan fingerprint density at radius 1 is 1.14 bits per heavy atom. The first-order valence-corrected chi connectivity index (χ1v) is 9.95. The van der Waals surface area contributed by atoms with Gasteiger partial charge in [-0.15, -0.1) is 0 Å². The van der Waals surface area contributed by atoms with Crippen molar-refractivity contribution < 1.29 is 9.90 Å². The topological polar surface area (TPSA) is 66.3 Å². The van der Waals surface area contributed by atoms with Crippen LogP contribution in [0.4, 0.5) is 0 Å². The van der Waals surface area contributed by atoms with Crippen LogP contribution in [0.25, 0.3) is 10.9 Å². The SMILES string of the molecule is Cn1c(C(=O)N[C@@H]2c3ccccc3C3(CCNCC3)[C@H]2O)cc2ccccc21. The van der Waals surface area contributed by atoms with Crippen molar-refractivity contribution in [1.29, 1.82) is 0 Å². The molecule has 2 aliphatic rings. The molecule has 2 atom stereocenters. The molecule has 0 bridgehead atoms. The average Bonchev–Trinajstić information content (AvgIpc) is 3.18. The number of carbonyl (C=O) groups excluding carboxylic acids is 1. The van der Waals surface area contributed by atoms with Gasteiger partial charge in [-0.3, -0.25) is 4.79 Å². The van der Waals surface area contributed by atoms with Crippen molar-refractivity contribution in [2.75, 3.05) is 13.1 Å². The molecular formula is C23H25N3O2. The van der Waals surface area contributed by atoms with E-state index >= 15 is 0 Å². The molecule has 1 aromatic heterocycles. The summed E-state index contributed by atoms with van der Waals surface area (Å²) in [5.41, 5.74) is 3.58. The lowest BCUT2D eigenvalue weighted by atomic mass is 9.72. The van der Waals surface area contributed by atoms with E-state index in [1.807, 2.05) is 60.1 Å². The number of fused-ring (bicyclic) bond motifs is 3. The van der Waals surface area contributed by atoms with Crippen LogP contribution in [0.1, 0.15) is 40.5 Å². The minimum Gasteiger partial charge on any atom is -0.390 e. The summed E-state index contributed by atoms with van der Waals surface area (Å²) in [5, 5.41) is 18.9. The Labute approximate surface area is 164 Å². The fraction of sp³-hybridized carbons (Fsp3) is 0.348. The molecule has 5 nitrogen and oxygen atoms in total. The Bertz CT molecular complexity index is 1050. The van der Waals surface area contributed by atoms with Crippen molar-refractivity contribution in [1.82, 2.24) is 15.2 Å². The normalized spacial score (nSPS) is 23.1. The molecule has 1 spiro atoms. The monoisotopic (exact) mass is 375 g/mol. The van der Waals surface area contributed by atoms with Crippen LogP contribution >= 0.6 is 0 Å². The summed E-state index contributed by atoms with van der Waals surface area (Å²) in [7, 11) is 1.91. The molecule has 2 heterocycles. The number of carbonyl (C=O) groups is 1. The zero-order valence-electron chi connectivity index (χ0n) is 16.0. The molecule has 1 aliphatic heterocycles. The number of hydrogen-bond acceptors (Lipinski definition) is 3. The highest BCUT2D eigenvalue weighted by Crippen LogP contribution is 2.50. The van der Waals surface area contributed by atoms with Crippen molar-refractivity contribution in [2.45, 2.75) is 30.4 Å². The van der Waals surface area contributed by atoms with Gasteiger partial charge in [0.1, 0.15) is 5.69 Å². The first-order valence-electron chi connectivity index (χ1n) is 9.95. The second-order valence-corrected chi connectivity index (χ2v) is 8.04. The molecule has 3 aromatic rings. The summed E-state index contributed by atoms with van der Waals surface area (Å²) in [6.45, 7) is 1.77. The van der Waals surface area contributed by atoms with E-state index in [9.17, 15) is 9.90 Å². The molecule has 1 fully saturated rings. The molecule has 0 unspecified atom stereocenters. The van der Waals surface area contributed by atoms with Gasteiger partial charge in [0.15, 0.2) is 0 Å². The largest absolute Gasteiger partial charge is 0.390 e. The van der Waals surface area contributed by atoms with Crippen molar-refractivity contribution >= 4 is 16.8 Å². The summed E-state index contributed by atoms with van der Waals surface area (Å²) >= 11 is 0. The maximum Gasteiger partial charge on any atom is 0.268 e. The number of rotatable bonds is 2. The zero-order chi connectivity index (χ0) is 19.3. The quantitative estimate of drug-likeness (QED) is 0.645. The summed E-state index contributed by atoms with van der Waals surface area (Å²) in [5.74, 6) is -0.150. The maximum atomic E-state index is 13.2. The molecule has 5 heteroatoms. The highest BCUT2D eigenvalue weighted by atomic mass is 16.3. The van der Waals surface area contributed by atoms with Crippen molar-refractivity contribution in [2.24, 2.45) is 7.05 Å².